The minimum atomic E-state index is 0.0602. The van der Waals surface area contributed by atoms with Crippen LogP contribution in [0.2, 0.25) is 0 Å². The SMILES string of the molecule is O=C(CN1CC[C@@H](c2ccccc2)C1)N[C@H]1CCOc2ccccc21. The second-order valence-corrected chi connectivity index (χ2v) is 6.93. The number of rotatable bonds is 4. The number of hydrogen-bond acceptors (Lipinski definition) is 3. The van der Waals surface area contributed by atoms with Crippen molar-refractivity contribution >= 4 is 5.91 Å². The van der Waals surface area contributed by atoms with Crippen LogP contribution in [0.5, 0.6) is 5.75 Å². The van der Waals surface area contributed by atoms with E-state index in [-0.39, 0.29) is 11.9 Å². The van der Waals surface area contributed by atoms with E-state index in [0.29, 0.717) is 19.1 Å². The molecule has 1 amide bonds. The Bertz CT molecular complexity index is 732. The molecule has 130 valence electrons. The summed E-state index contributed by atoms with van der Waals surface area (Å²) >= 11 is 0. The monoisotopic (exact) mass is 336 g/mol. The molecule has 25 heavy (non-hydrogen) atoms. The first kappa shape index (κ1) is 16.2. The zero-order chi connectivity index (χ0) is 17.1. The Balaban J connectivity index is 1.33. The van der Waals surface area contributed by atoms with Crippen molar-refractivity contribution in [3.63, 3.8) is 0 Å². The largest absolute Gasteiger partial charge is 0.493 e. The number of amides is 1. The fourth-order valence-corrected chi connectivity index (χ4v) is 3.91. The molecule has 2 aliphatic heterocycles. The first-order chi connectivity index (χ1) is 12.3. The molecular weight excluding hydrogens is 312 g/mol. The van der Waals surface area contributed by atoms with Gasteiger partial charge in [-0.25, -0.2) is 0 Å². The Hall–Kier alpha value is -2.33. The van der Waals surface area contributed by atoms with Crippen molar-refractivity contribution < 1.29 is 9.53 Å². The maximum atomic E-state index is 12.5. The smallest absolute Gasteiger partial charge is 0.234 e. The lowest BCUT2D eigenvalue weighted by Crippen LogP contribution is -2.39. The molecule has 4 nitrogen and oxygen atoms in total. The molecule has 1 fully saturated rings. The van der Waals surface area contributed by atoms with Gasteiger partial charge < -0.3 is 10.1 Å². The van der Waals surface area contributed by atoms with E-state index in [4.69, 9.17) is 4.74 Å². The number of para-hydroxylation sites is 1. The van der Waals surface area contributed by atoms with Crippen LogP contribution < -0.4 is 10.1 Å². The lowest BCUT2D eigenvalue weighted by Gasteiger charge is -2.27. The van der Waals surface area contributed by atoms with E-state index in [9.17, 15) is 4.79 Å². The van der Waals surface area contributed by atoms with Crippen molar-refractivity contribution in [3.05, 3.63) is 65.7 Å². The highest BCUT2D eigenvalue weighted by Crippen LogP contribution is 2.31. The summed E-state index contributed by atoms with van der Waals surface area (Å²) in [5.41, 5.74) is 2.47. The molecule has 2 heterocycles. The van der Waals surface area contributed by atoms with Crippen LogP contribution in [0.25, 0.3) is 0 Å². The van der Waals surface area contributed by atoms with Crippen LogP contribution in [-0.2, 0) is 4.79 Å². The predicted molar refractivity (Wildman–Crippen MR) is 97.7 cm³/mol. The number of carbonyl (C=O) groups excluding carboxylic acids is 1. The van der Waals surface area contributed by atoms with Crippen molar-refractivity contribution in [2.75, 3.05) is 26.2 Å². The number of carbonyl (C=O) groups is 1. The third-order valence-corrected chi connectivity index (χ3v) is 5.20. The van der Waals surface area contributed by atoms with Gasteiger partial charge in [-0.3, -0.25) is 9.69 Å². The van der Waals surface area contributed by atoms with E-state index >= 15 is 0 Å². The Kier molecular flexibility index (Phi) is 4.70. The molecule has 0 aromatic heterocycles. The summed E-state index contributed by atoms with van der Waals surface area (Å²) in [7, 11) is 0. The van der Waals surface area contributed by atoms with Crippen LogP contribution in [0.3, 0.4) is 0 Å². The highest BCUT2D eigenvalue weighted by Gasteiger charge is 2.27. The van der Waals surface area contributed by atoms with E-state index in [2.05, 4.69) is 40.5 Å². The molecule has 1 N–H and O–H groups in total. The molecule has 4 heteroatoms. The molecular formula is C21H24N2O2. The highest BCUT2D eigenvalue weighted by atomic mass is 16.5. The molecule has 0 saturated carbocycles. The van der Waals surface area contributed by atoms with Crippen molar-refractivity contribution in [2.24, 2.45) is 0 Å². The quantitative estimate of drug-likeness (QED) is 0.933. The summed E-state index contributed by atoms with van der Waals surface area (Å²) in [5, 5.41) is 3.20. The predicted octanol–water partition coefficient (Wildman–Crippen LogP) is 3.12. The maximum absolute atomic E-state index is 12.5. The van der Waals surface area contributed by atoms with E-state index in [0.717, 1.165) is 37.2 Å². The Morgan fingerprint density at radius 2 is 1.88 bits per heavy atom. The first-order valence-corrected chi connectivity index (χ1v) is 9.08. The van der Waals surface area contributed by atoms with Gasteiger partial charge >= 0.3 is 0 Å². The number of hydrogen-bond donors (Lipinski definition) is 1. The zero-order valence-electron chi connectivity index (χ0n) is 14.4. The van der Waals surface area contributed by atoms with Gasteiger partial charge in [0.1, 0.15) is 5.75 Å². The van der Waals surface area contributed by atoms with E-state index < -0.39 is 0 Å². The van der Waals surface area contributed by atoms with Crippen LogP contribution in [-0.4, -0.2) is 37.0 Å². The van der Waals surface area contributed by atoms with Crippen LogP contribution in [0.1, 0.15) is 35.9 Å². The van der Waals surface area contributed by atoms with Crippen molar-refractivity contribution in [1.82, 2.24) is 10.2 Å². The minimum Gasteiger partial charge on any atom is -0.493 e. The number of nitrogens with one attached hydrogen (secondary N) is 1. The molecule has 0 bridgehead atoms. The third-order valence-electron chi connectivity index (χ3n) is 5.20. The molecule has 0 aliphatic carbocycles. The zero-order valence-corrected chi connectivity index (χ0v) is 14.4. The van der Waals surface area contributed by atoms with Gasteiger partial charge in [0, 0.05) is 18.5 Å². The van der Waals surface area contributed by atoms with Crippen LogP contribution in [0.4, 0.5) is 0 Å². The first-order valence-electron chi connectivity index (χ1n) is 9.08. The normalized spacial score (nSPS) is 22.9. The molecule has 2 aliphatic rings. The Labute approximate surface area is 148 Å². The lowest BCUT2D eigenvalue weighted by molar-refractivity contribution is -0.123. The summed E-state index contributed by atoms with van der Waals surface area (Å²) < 4.78 is 5.67. The van der Waals surface area contributed by atoms with Crippen LogP contribution in [0, 0.1) is 0 Å². The van der Waals surface area contributed by atoms with E-state index in [1.807, 2.05) is 24.3 Å². The maximum Gasteiger partial charge on any atom is 0.234 e. The number of likely N-dealkylation sites (tertiary alicyclic amines) is 1. The molecule has 2 aromatic carbocycles. The molecule has 0 spiro atoms. The molecule has 4 rings (SSSR count). The molecule has 2 atom stereocenters. The van der Waals surface area contributed by atoms with Gasteiger partial charge in [0.2, 0.25) is 5.91 Å². The summed E-state index contributed by atoms with van der Waals surface area (Å²) in [4.78, 5) is 14.8. The van der Waals surface area contributed by atoms with Crippen LogP contribution >= 0.6 is 0 Å². The van der Waals surface area contributed by atoms with Gasteiger partial charge in [0.05, 0.1) is 19.2 Å². The minimum absolute atomic E-state index is 0.0602. The number of benzene rings is 2. The fourth-order valence-electron chi connectivity index (χ4n) is 3.91. The highest BCUT2D eigenvalue weighted by molar-refractivity contribution is 5.78. The van der Waals surface area contributed by atoms with E-state index in [1.54, 1.807) is 0 Å². The standard InChI is InChI=1S/C21H24N2O2/c24-21(22-19-11-13-25-20-9-5-4-8-18(19)20)15-23-12-10-17(14-23)16-6-2-1-3-7-16/h1-9,17,19H,10-15H2,(H,22,24)/t17-,19+/m1/s1. The van der Waals surface area contributed by atoms with Gasteiger partial charge in [0.25, 0.3) is 0 Å². The molecule has 0 radical (unpaired) electrons. The summed E-state index contributed by atoms with van der Waals surface area (Å²) in [6.45, 7) is 3.07. The summed E-state index contributed by atoms with van der Waals surface area (Å²) in [6.07, 6.45) is 1.95. The van der Waals surface area contributed by atoms with Gasteiger partial charge in [-0.1, -0.05) is 48.5 Å². The lowest BCUT2D eigenvalue weighted by atomic mass is 9.99. The Morgan fingerprint density at radius 3 is 2.76 bits per heavy atom. The van der Waals surface area contributed by atoms with Crippen LogP contribution in [0.15, 0.2) is 54.6 Å². The second kappa shape index (κ2) is 7.28. The number of ether oxygens (including phenoxy) is 1. The topological polar surface area (TPSA) is 41.6 Å². The summed E-state index contributed by atoms with van der Waals surface area (Å²) in [6, 6.07) is 18.6. The Morgan fingerprint density at radius 1 is 1.08 bits per heavy atom. The van der Waals surface area contributed by atoms with Gasteiger partial charge in [-0.2, -0.15) is 0 Å². The van der Waals surface area contributed by atoms with Crippen molar-refractivity contribution in [1.29, 1.82) is 0 Å². The average molecular weight is 336 g/mol. The molecule has 1 saturated heterocycles. The third kappa shape index (κ3) is 3.69. The number of fused-ring (bicyclic) bond motifs is 1. The number of nitrogens with zero attached hydrogens (tertiary/aromatic N) is 1. The van der Waals surface area contributed by atoms with Gasteiger partial charge in [-0.15, -0.1) is 0 Å². The van der Waals surface area contributed by atoms with Gasteiger partial charge in [0.15, 0.2) is 0 Å². The fraction of sp³-hybridized carbons (Fsp3) is 0.381. The second-order valence-electron chi connectivity index (χ2n) is 6.93. The van der Waals surface area contributed by atoms with E-state index in [1.165, 1.54) is 5.56 Å². The molecule has 2 aromatic rings. The van der Waals surface area contributed by atoms with Crippen molar-refractivity contribution in [2.45, 2.75) is 24.8 Å². The molecule has 0 unspecified atom stereocenters. The average Bonchev–Trinajstić information content (AvgIpc) is 3.11. The summed E-state index contributed by atoms with van der Waals surface area (Å²) in [5.74, 6) is 1.54. The van der Waals surface area contributed by atoms with Crippen molar-refractivity contribution in [3.8, 4) is 5.75 Å². The van der Waals surface area contributed by atoms with Gasteiger partial charge in [-0.05, 0) is 30.5 Å².